The first-order valence-corrected chi connectivity index (χ1v) is 7.21. The summed E-state index contributed by atoms with van der Waals surface area (Å²) in [6.07, 6.45) is 0.617. The quantitative estimate of drug-likeness (QED) is 0.515. The summed E-state index contributed by atoms with van der Waals surface area (Å²) in [6, 6.07) is 5.54. The number of nitro benzene ring substituents is 1. The second kappa shape index (κ2) is 6.60. The first-order chi connectivity index (χ1) is 10.8. The Kier molecular flexibility index (Phi) is 4.78. The van der Waals surface area contributed by atoms with Crippen LogP contribution in [0.4, 0.5) is 11.4 Å². The first-order valence-electron chi connectivity index (χ1n) is 7.21. The van der Waals surface area contributed by atoms with Crippen LogP contribution in [-0.4, -0.2) is 16.8 Å². The van der Waals surface area contributed by atoms with Crippen molar-refractivity contribution in [3.63, 3.8) is 0 Å². The molecule has 0 aromatic heterocycles. The van der Waals surface area contributed by atoms with E-state index in [0.717, 1.165) is 11.1 Å². The van der Waals surface area contributed by atoms with Gasteiger partial charge in [-0.15, -0.1) is 0 Å². The highest BCUT2D eigenvalue weighted by molar-refractivity contribution is 5.95. The maximum Gasteiger partial charge on any atom is 0.271 e. The predicted molar refractivity (Wildman–Crippen MR) is 81.3 cm³/mol. The number of nitro groups is 1. The largest absolute Gasteiger partial charge is 0.550 e. The van der Waals surface area contributed by atoms with E-state index in [1.807, 2.05) is 13.8 Å². The van der Waals surface area contributed by atoms with Crippen molar-refractivity contribution in [1.82, 2.24) is 0 Å². The van der Waals surface area contributed by atoms with Crippen LogP contribution in [0.15, 0.2) is 35.4 Å². The van der Waals surface area contributed by atoms with Crippen molar-refractivity contribution >= 4 is 23.3 Å². The maximum atomic E-state index is 12.4. The monoisotopic (exact) mass is 317 g/mol. The Hall–Kier alpha value is -2.70. The molecular formula is C16H17N2O5-. The maximum absolute atomic E-state index is 12.4. The summed E-state index contributed by atoms with van der Waals surface area (Å²) in [4.78, 5) is 33.9. The molecule has 2 rings (SSSR count). The van der Waals surface area contributed by atoms with Crippen molar-refractivity contribution in [1.29, 1.82) is 0 Å². The Balaban J connectivity index is 2.20. The molecule has 2 unspecified atom stereocenters. The molecular weight excluding hydrogens is 300 g/mol. The second-order valence-corrected chi connectivity index (χ2v) is 5.80. The molecule has 1 aromatic carbocycles. The molecule has 2 atom stereocenters. The zero-order chi connectivity index (χ0) is 17.1. The molecule has 7 nitrogen and oxygen atoms in total. The molecule has 1 aromatic rings. The van der Waals surface area contributed by atoms with Crippen LogP contribution < -0.4 is 10.4 Å². The molecule has 0 heterocycles. The van der Waals surface area contributed by atoms with Gasteiger partial charge in [-0.2, -0.15) is 0 Å². The van der Waals surface area contributed by atoms with Crippen molar-refractivity contribution in [2.45, 2.75) is 26.7 Å². The smallest absolute Gasteiger partial charge is 0.271 e. The average molecular weight is 317 g/mol. The number of hydrogen-bond donors (Lipinski definition) is 1. The van der Waals surface area contributed by atoms with E-state index in [9.17, 15) is 24.8 Å². The number of allylic oxidation sites excluding steroid dienone is 2. The summed E-state index contributed by atoms with van der Waals surface area (Å²) in [5, 5.41) is 24.6. The molecule has 122 valence electrons. The summed E-state index contributed by atoms with van der Waals surface area (Å²) in [7, 11) is 0. The zero-order valence-corrected chi connectivity index (χ0v) is 12.9. The molecule has 1 aliphatic rings. The minimum Gasteiger partial charge on any atom is -0.550 e. The second-order valence-electron chi connectivity index (χ2n) is 5.80. The van der Waals surface area contributed by atoms with E-state index >= 15 is 0 Å². The van der Waals surface area contributed by atoms with E-state index < -0.39 is 28.6 Å². The lowest BCUT2D eigenvalue weighted by molar-refractivity contribution is -0.384. The molecule has 1 aliphatic carbocycles. The Morgan fingerprint density at radius 2 is 1.78 bits per heavy atom. The van der Waals surface area contributed by atoms with Gasteiger partial charge in [0.2, 0.25) is 5.91 Å². The summed E-state index contributed by atoms with van der Waals surface area (Å²) in [6.45, 7) is 3.72. The first kappa shape index (κ1) is 16.7. The summed E-state index contributed by atoms with van der Waals surface area (Å²) in [5.41, 5.74) is 2.07. The van der Waals surface area contributed by atoms with Gasteiger partial charge in [-0.05, 0) is 32.8 Å². The van der Waals surface area contributed by atoms with Gasteiger partial charge in [0.15, 0.2) is 0 Å². The van der Waals surface area contributed by atoms with Gasteiger partial charge >= 0.3 is 0 Å². The number of amides is 1. The molecule has 0 fully saturated rings. The van der Waals surface area contributed by atoms with Crippen LogP contribution in [0.25, 0.3) is 0 Å². The fourth-order valence-electron chi connectivity index (χ4n) is 2.75. The van der Waals surface area contributed by atoms with E-state index in [1.54, 1.807) is 0 Å². The van der Waals surface area contributed by atoms with Gasteiger partial charge in [-0.1, -0.05) is 17.2 Å². The molecule has 0 spiro atoms. The summed E-state index contributed by atoms with van der Waals surface area (Å²) in [5.74, 6) is -3.36. The third-order valence-electron chi connectivity index (χ3n) is 4.23. The summed E-state index contributed by atoms with van der Waals surface area (Å²) < 4.78 is 0. The highest BCUT2D eigenvalue weighted by atomic mass is 16.6. The molecule has 0 bridgehead atoms. The molecule has 0 radical (unpaired) electrons. The zero-order valence-electron chi connectivity index (χ0n) is 12.9. The number of carboxylic acid groups (broad SMARTS) is 1. The highest BCUT2D eigenvalue weighted by Gasteiger charge is 2.33. The number of benzene rings is 1. The third kappa shape index (κ3) is 3.74. The standard InChI is InChI=1S/C16H18N2O5/c1-9-6-13(14(16(20)21)7-10(9)2)15(19)17-11-4-3-5-12(8-11)18(22)23/h3-5,8,13-14H,6-7H2,1-2H3,(H,17,19)(H,20,21)/p-1. The molecule has 1 amide bonds. The lowest BCUT2D eigenvalue weighted by Crippen LogP contribution is -2.42. The number of nitrogens with zero attached hydrogens (tertiary/aromatic N) is 1. The van der Waals surface area contributed by atoms with Crippen LogP contribution in [0.2, 0.25) is 0 Å². The number of aliphatic carboxylic acids is 1. The van der Waals surface area contributed by atoms with Gasteiger partial charge in [-0.25, -0.2) is 0 Å². The molecule has 1 N–H and O–H groups in total. The minimum atomic E-state index is -1.25. The van der Waals surface area contributed by atoms with Crippen LogP contribution >= 0.6 is 0 Å². The molecule has 0 saturated carbocycles. The van der Waals surface area contributed by atoms with Crippen molar-refractivity contribution < 1.29 is 19.6 Å². The number of non-ortho nitro benzene ring substituents is 1. The van der Waals surface area contributed by atoms with Gasteiger partial charge in [-0.3, -0.25) is 14.9 Å². The lowest BCUT2D eigenvalue weighted by atomic mass is 9.76. The van der Waals surface area contributed by atoms with E-state index in [-0.39, 0.29) is 17.8 Å². The minimum absolute atomic E-state index is 0.144. The number of carbonyl (C=O) groups excluding carboxylic acids is 2. The van der Waals surface area contributed by atoms with Crippen LogP contribution in [0.1, 0.15) is 26.7 Å². The van der Waals surface area contributed by atoms with Crippen LogP contribution in [0, 0.1) is 22.0 Å². The van der Waals surface area contributed by atoms with Crippen molar-refractivity contribution in [3.8, 4) is 0 Å². The normalized spacial score (nSPS) is 21.0. The fourth-order valence-corrected chi connectivity index (χ4v) is 2.75. The van der Waals surface area contributed by atoms with Crippen molar-refractivity contribution in [2.24, 2.45) is 11.8 Å². The molecule has 0 saturated heterocycles. The van der Waals surface area contributed by atoms with Crippen LogP contribution in [0.5, 0.6) is 0 Å². The van der Waals surface area contributed by atoms with Gasteiger partial charge in [0.25, 0.3) is 5.69 Å². The number of carbonyl (C=O) groups is 2. The molecule has 7 heteroatoms. The highest BCUT2D eigenvalue weighted by Crippen LogP contribution is 2.34. The summed E-state index contributed by atoms with van der Waals surface area (Å²) >= 11 is 0. The van der Waals surface area contributed by atoms with E-state index in [2.05, 4.69) is 5.32 Å². The average Bonchev–Trinajstić information content (AvgIpc) is 2.49. The molecule has 23 heavy (non-hydrogen) atoms. The van der Waals surface area contributed by atoms with E-state index in [4.69, 9.17) is 0 Å². The number of hydrogen-bond acceptors (Lipinski definition) is 5. The number of anilines is 1. The van der Waals surface area contributed by atoms with Gasteiger partial charge in [0.1, 0.15) is 0 Å². The van der Waals surface area contributed by atoms with Crippen LogP contribution in [0.3, 0.4) is 0 Å². The predicted octanol–water partition coefficient (Wildman–Crippen LogP) is 1.65. The lowest BCUT2D eigenvalue weighted by Gasteiger charge is -2.32. The Labute approximate surface area is 133 Å². The van der Waals surface area contributed by atoms with E-state index in [1.165, 1.54) is 24.3 Å². The Morgan fingerprint density at radius 1 is 1.17 bits per heavy atom. The van der Waals surface area contributed by atoms with E-state index in [0.29, 0.717) is 6.42 Å². The van der Waals surface area contributed by atoms with Gasteiger partial charge < -0.3 is 15.2 Å². The van der Waals surface area contributed by atoms with Gasteiger partial charge in [0.05, 0.1) is 10.8 Å². The number of carboxylic acids is 1. The molecule has 0 aliphatic heterocycles. The topological polar surface area (TPSA) is 112 Å². The number of rotatable bonds is 4. The third-order valence-corrected chi connectivity index (χ3v) is 4.23. The van der Waals surface area contributed by atoms with Crippen molar-refractivity contribution in [2.75, 3.05) is 5.32 Å². The fraction of sp³-hybridized carbons (Fsp3) is 0.375. The van der Waals surface area contributed by atoms with Crippen LogP contribution in [-0.2, 0) is 9.59 Å². The number of nitrogens with one attached hydrogen (secondary N) is 1. The van der Waals surface area contributed by atoms with Gasteiger partial charge in [0, 0.05) is 29.7 Å². The van der Waals surface area contributed by atoms with Crippen molar-refractivity contribution in [3.05, 3.63) is 45.5 Å². The Morgan fingerprint density at radius 3 is 2.35 bits per heavy atom. The Bertz CT molecular complexity index is 695. The SMILES string of the molecule is CC1=C(C)CC(C(=O)Nc2cccc([N+](=O)[O-])c2)C(C(=O)[O-])C1.